The second-order valence-corrected chi connectivity index (χ2v) is 14.0. The molecule has 5 heterocycles. The summed E-state index contributed by atoms with van der Waals surface area (Å²) in [6, 6.07) is 0.351. The van der Waals surface area contributed by atoms with Crippen molar-refractivity contribution in [3.8, 4) is 0 Å². The lowest BCUT2D eigenvalue weighted by atomic mass is 9.74. The number of piperazine rings is 1. The number of piperidine rings is 1. The maximum absolute atomic E-state index is 13.4. The molecule has 1 amide bonds. The molecule has 0 radical (unpaired) electrons. The van der Waals surface area contributed by atoms with E-state index in [9.17, 15) is 9.90 Å². The van der Waals surface area contributed by atoms with Crippen molar-refractivity contribution < 1.29 is 24.1 Å². The number of nitrogens with one attached hydrogen (secondary N) is 5. The lowest BCUT2D eigenvalue weighted by Crippen LogP contribution is -2.73. The fourth-order valence-electron chi connectivity index (χ4n) is 7.92. The van der Waals surface area contributed by atoms with Gasteiger partial charge >= 0.3 is 0 Å². The fourth-order valence-corrected chi connectivity index (χ4v) is 7.92. The van der Waals surface area contributed by atoms with Gasteiger partial charge in [0.05, 0.1) is 63.1 Å². The zero-order valence-corrected chi connectivity index (χ0v) is 26.9. The van der Waals surface area contributed by atoms with Crippen LogP contribution < -0.4 is 26.6 Å². The van der Waals surface area contributed by atoms with Crippen molar-refractivity contribution in [1.82, 2.24) is 41.3 Å². The second-order valence-electron chi connectivity index (χ2n) is 14.0. The third kappa shape index (κ3) is 8.68. The minimum absolute atomic E-state index is 0.0263. The highest BCUT2D eigenvalue weighted by atomic mass is 16.5. The van der Waals surface area contributed by atoms with E-state index in [1.165, 1.54) is 6.42 Å². The first kappa shape index (κ1) is 33.0. The maximum Gasteiger partial charge on any atom is 0.237 e. The first-order chi connectivity index (χ1) is 21.4. The monoisotopic (exact) mass is 622 g/mol. The van der Waals surface area contributed by atoms with Crippen molar-refractivity contribution in [3.05, 3.63) is 0 Å². The van der Waals surface area contributed by atoms with Crippen LogP contribution in [-0.2, 0) is 19.0 Å². The van der Waals surface area contributed by atoms with Crippen LogP contribution in [0.2, 0.25) is 0 Å². The Morgan fingerprint density at radius 1 is 1.05 bits per heavy atom. The quantitative estimate of drug-likeness (QED) is 0.151. The molecule has 9 atom stereocenters. The van der Waals surface area contributed by atoms with Crippen LogP contribution in [0.4, 0.5) is 0 Å². The van der Waals surface area contributed by atoms with Crippen LogP contribution in [0.5, 0.6) is 0 Å². The van der Waals surface area contributed by atoms with Gasteiger partial charge in [-0.1, -0.05) is 6.92 Å². The van der Waals surface area contributed by atoms with E-state index >= 15 is 0 Å². The van der Waals surface area contributed by atoms with Crippen LogP contribution in [0.1, 0.15) is 46.0 Å². The van der Waals surface area contributed by atoms with Crippen molar-refractivity contribution in [3.63, 3.8) is 0 Å². The normalized spacial score (nSPS) is 38.6. The molecule has 0 aromatic heterocycles. The Kier molecular flexibility index (Phi) is 11.8. The third-order valence-electron chi connectivity index (χ3n) is 10.9. The highest BCUT2D eigenvalue weighted by Crippen LogP contribution is 2.37. The lowest BCUT2D eigenvalue weighted by Gasteiger charge is -2.46. The molecule has 252 valence electrons. The van der Waals surface area contributed by atoms with E-state index in [-0.39, 0.29) is 37.1 Å². The summed E-state index contributed by atoms with van der Waals surface area (Å²) in [5.41, 5.74) is 0. The van der Waals surface area contributed by atoms with Gasteiger partial charge in [0.1, 0.15) is 6.29 Å². The van der Waals surface area contributed by atoms with Gasteiger partial charge in [0, 0.05) is 58.3 Å². The Morgan fingerprint density at radius 3 is 2.61 bits per heavy atom. The highest BCUT2D eigenvalue weighted by Gasteiger charge is 2.38. The number of ether oxygens (including phenoxy) is 3. The number of rotatable bonds is 12. The average Bonchev–Trinajstić information content (AvgIpc) is 3.44. The standard InChI is InChI=1S/C31H58N8O5/c1-3-37-8-10-39(11-9-37)31-35-27(13-29(36-31)34-24-17-42-18-24)30(41)32-14-25(40)16-38-7-6-22-12-26(5-4-23(22)15-38)43-19-28-21(2)33-20-44-28/h21-29,31,33-36,40H,3-20H2,1-2H3,(H,32,41)/t21?,22?,23?,25-,26?,27?,28?,29?,31?/m0/s1. The molecule has 6 N–H and O–H groups in total. The molecule has 13 nitrogen and oxygen atoms in total. The number of aliphatic hydroxyl groups excluding tert-OH is 1. The first-order valence-electron chi connectivity index (χ1n) is 17.4. The van der Waals surface area contributed by atoms with E-state index in [2.05, 4.69) is 55.1 Å². The second kappa shape index (κ2) is 15.7. The highest BCUT2D eigenvalue weighted by molar-refractivity contribution is 5.82. The molecule has 0 bridgehead atoms. The largest absolute Gasteiger partial charge is 0.390 e. The first-order valence-corrected chi connectivity index (χ1v) is 17.4. The zero-order chi connectivity index (χ0) is 30.5. The number of amides is 1. The third-order valence-corrected chi connectivity index (χ3v) is 10.9. The Labute approximate surface area is 263 Å². The van der Waals surface area contributed by atoms with Crippen molar-refractivity contribution >= 4 is 5.91 Å². The van der Waals surface area contributed by atoms with E-state index in [0.29, 0.717) is 69.5 Å². The number of fused-ring (bicyclic) bond motifs is 1. The van der Waals surface area contributed by atoms with E-state index < -0.39 is 6.10 Å². The van der Waals surface area contributed by atoms with Gasteiger partial charge in [-0.25, -0.2) is 0 Å². The molecule has 13 heteroatoms. The number of hydrogen-bond acceptors (Lipinski definition) is 12. The number of nitrogens with zero attached hydrogens (tertiary/aromatic N) is 3. The summed E-state index contributed by atoms with van der Waals surface area (Å²) in [6.45, 7) is 15.0. The summed E-state index contributed by atoms with van der Waals surface area (Å²) >= 11 is 0. The number of carbonyl (C=O) groups is 1. The average molecular weight is 623 g/mol. The van der Waals surface area contributed by atoms with Gasteiger partial charge in [-0.2, -0.15) is 0 Å². The van der Waals surface area contributed by atoms with Crippen LogP contribution in [0, 0.1) is 11.8 Å². The van der Waals surface area contributed by atoms with E-state index in [1.807, 2.05) is 0 Å². The minimum atomic E-state index is -0.585. The van der Waals surface area contributed by atoms with Crippen LogP contribution >= 0.6 is 0 Å². The number of β-amino-alcohol motifs (C(OH)–C–C–N with tert-alkyl or cyclic N) is 1. The van der Waals surface area contributed by atoms with Gasteiger partial charge < -0.3 is 34.4 Å². The van der Waals surface area contributed by atoms with Crippen molar-refractivity contribution in [2.45, 2.75) is 94.8 Å². The molecular formula is C31H58N8O5. The molecular weight excluding hydrogens is 564 g/mol. The van der Waals surface area contributed by atoms with Crippen molar-refractivity contribution in [2.75, 3.05) is 85.5 Å². The number of carbonyl (C=O) groups excluding carboxylic acids is 1. The van der Waals surface area contributed by atoms with Crippen LogP contribution in [0.3, 0.4) is 0 Å². The SMILES string of the molecule is CCN1CCN(C2NC(NC3COC3)CC(C(=O)NC[C@H](O)CN3CCC4CC(OCC5OCNC5C)CCC4C3)N2)CC1. The zero-order valence-electron chi connectivity index (χ0n) is 26.9. The molecule has 0 aromatic rings. The van der Waals surface area contributed by atoms with E-state index in [1.54, 1.807) is 0 Å². The van der Waals surface area contributed by atoms with Gasteiger partial charge in [0.15, 0.2) is 0 Å². The van der Waals surface area contributed by atoms with E-state index in [0.717, 1.165) is 65.1 Å². The Hall–Kier alpha value is -0.970. The summed E-state index contributed by atoms with van der Waals surface area (Å²) in [4.78, 5) is 20.6. The summed E-state index contributed by atoms with van der Waals surface area (Å²) in [5, 5.41) is 28.2. The van der Waals surface area contributed by atoms with Gasteiger partial charge in [0.2, 0.25) is 5.91 Å². The van der Waals surface area contributed by atoms with Gasteiger partial charge in [-0.05, 0) is 57.5 Å². The summed E-state index contributed by atoms with van der Waals surface area (Å²) < 4.78 is 17.4. The molecule has 6 rings (SSSR count). The molecule has 0 aromatic carbocycles. The molecule has 6 aliphatic rings. The fraction of sp³-hybridized carbons (Fsp3) is 0.968. The molecule has 1 saturated carbocycles. The molecule has 0 spiro atoms. The van der Waals surface area contributed by atoms with Gasteiger partial charge in [0.25, 0.3) is 0 Å². The van der Waals surface area contributed by atoms with Crippen LogP contribution in [0.15, 0.2) is 0 Å². The Bertz CT molecular complexity index is 908. The van der Waals surface area contributed by atoms with E-state index in [4.69, 9.17) is 14.2 Å². The Balaban J connectivity index is 0.919. The molecule has 5 saturated heterocycles. The Morgan fingerprint density at radius 2 is 1.89 bits per heavy atom. The molecule has 44 heavy (non-hydrogen) atoms. The lowest BCUT2D eigenvalue weighted by molar-refractivity contribution is -0.126. The van der Waals surface area contributed by atoms with Crippen LogP contribution in [0.25, 0.3) is 0 Å². The topological polar surface area (TPSA) is 135 Å². The maximum atomic E-state index is 13.4. The minimum Gasteiger partial charge on any atom is -0.390 e. The number of hydrogen-bond donors (Lipinski definition) is 6. The van der Waals surface area contributed by atoms with Crippen molar-refractivity contribution in [1.29, 1.82) is 0 Å². The molecule has 1 aliphatic carbocycles. The predicted octanol–water partition coefficient (Wildman–Crippen LogP) is -1.51. The predicted molar refractivity (Wildman–Crippen MR) is 167 cm³/mol. The van der Waals surface area contributed by atoms with Gasteiger partial charge in [-0.3, -0.25) is 31.0 Å². The summed E-state index contributed by atoms with van der Waals surface area (Å²) in [6.07, 6.45) is 5.07. The number of likely N-dealkylation sites (N-methyl/N-ethyl adjacent to an activating group) is 1. The summed E-state index contributed by atoms with van der Waals surface area (Å²) in [7, 11) is 0. The molecule has 5 aliphatic heterocycles. The van der Waals surface area contributed by atoms with Crippen LogP contribution in [-0.4, -0.2) is 160 Å². The molecule has 8 unspecified atom stereocenters. The summed E-state index contributed by atoms with van der Waals surface area (Å²) in [5.74, 6) is 1.32. The van der Waals surface area contributed by atoms with Gasteiger partial charge in [-0.15, -0.1) is 0 Å². The number of likely N-dealkylation sites (tertiary alicyclic amines) is 1. The number of aliphatic hydroxyl groups is 1. The smallest absolute Gasteiger partial charge is 0.237 e. The van der Waals surface area contributed by atoms with Crippen molar-refractivity contribution in [2.24, 2.45) is 11.8 Å². The molecule has 6 fully saturated rings.